The molecule has 0 aliphatic carbocycles. The first kappa shape index (κ1) is 14.9. The van der Waals surface area contributed by atoms with Gasteiger partial charge in [-0.3, -0.25) is 9.37 Å². The summed E-state index contributed by atoms with van der Waals surface area (Å²) in [6, 6.07) is 21.0. The van der Waals surface area contributed by atoms with E-state index in [1.165, 1.54) is 0 Å². The molecule has 3 rings (SSSR count). The SMILES string of the molecule is FCCc1ccc2cccc(-c3[c-]cccc3)c2n1.[Pt]. The van der Waals surface area contributed by atoms with Crippen LogP contribution in [0, 0.1) is 6.07 Å². The fourth-order valence-corrected chi connectivity index (χ4v) is 2.20. The molecule has 0 unspecified atom stereocenters. The number of aryl methyl sites for hydroxylation is 1. The van der Waals surface area contributed by atoms with Crippen molar-refractivity contribution in [3.63, 3.8) is 0 Å². The van der Waals surface area contributed by atoms with Gasteiger partial charge in [0, 0.05) is 38.7 Å². The number of para-hydroxylation sites is 1. The number of halogens is 1. The molecule has 1 heterocycles. The first-order chi connectivity index (χ1) is 9.38. The minimum absolute atomic E-state index is 0. The zero-order chi connectivity index (χ0) is 13.1. The Morgan fingerprint density at radius 1 is 1.00 bits per heavy atom. The maximum Gasteiger partial charge on any atom is 0.0949 e. The molecule has 104 valence electrons. The van der Waals surface area contributed by atoms with Crippen molar-refractivity contribution in [2.45, 2.75) is 6.42 Å². The van der Waals surface area contributed by atoms with Crippen LogP contribution in [0.4, 0.5) is 4.39 Å². The smallest absolute Gasteiger partial charge is 0.0949 e. The average Bonchev–Trinajstić information content (AvgIpc) is 2.48. The second-order valence-corrected chi connectivity index (χ2v) is 4.40. The summed E-state index contributed by atoms with van der Waals surface area (Å²) in [6.07, 6.45) is 0.364. The van der Waals surface area contributed by atoms with E-state index in [-0.39, 0.29) is 27.7 Å². The van der Waals surface area contributed by atoms with Crippen LogP contribution in [0.25, 0.3) is 22.0 Å². The van der Waals surface area contributed by atoms with E-state index in [1.54, 1.807) is 0 Å². The molecule has 20 heavy (non-hydrogen) atoms. The zero-order valence-corrected chi connectivity index (χ0v) is 13.0. The van der Waals surface area contributed by atoms with Crippen molar-refractivity contribution in [2.75, 3.05) is 6.67 Å². The first-order valence-electron chi connectivity index (χ1n) is 6.30. The third-order valence-electron chi connectivity index (χ3n) is 3.13. The Kier molecular flexibility index (Phi) is 5.03. The molecule has 0 aliphatic heterocycles. The molecule has 2 aromatic carbocycles. The molecule has 0 bridgehead atoms. The third kappa shape index (κ3) is 2.96. The van der Waals surface area contributed by atoms with Crippen molar-refractivity contribution < 1.29 is 25.5 Å². The summed E-state index contributed by atoms with van der Waals surface area (Å²) in [5.74, 6) is 0. The first-order valence-corrected chi connectivity index (χ1v) is 6.30. The van der Waals surface area contributed by atoms with Gasteiger partial charge in [-0.05, 0) is 11.5 Å². The van der Waals surface area contributed by atoms with E-state index in [0.717, 1.165) is 27.7 Å². The Labute approximate surface area is 132 Å². The number of rotatable bonds is 3. The van der Waals surface area contributed by atoms with Crippen molar-refractivity contribution in [3.05, 3.63) is 66.4 Å². The summed E-state index contributed by atoms with van der Waals surface area (Å²) < 4.78 is 12.5. The normalized spacial score (nSPS) is 10.2. The van der Waals surface area contributed by atoms with Gasteiger partial charge in [0.05, 0.1) is 6.67 Å². The Bertz CT molecular complexity index is 698. The Balaban J connectivity index is 0.00000147. The number of fused-ring (bicyclic) bond motifs is 1. The average molecular weight is 445 g/mol. The molecule has 0 N–H and O–H groups in total. The molecule has 0 saturated carbocycles. The van der Waals surface area contributed by atoms with E-state index >= 15 is 0 Å². The number of pyridine rings is 1. The summed E-state index contributed by atoms with van der Waals surface area (Å²) in [6.45, 7) is -0.377. The van der Waals surface area contributed by atoms with Crippen LogP contribution in [0.15, 0.2) is 54.6 Å². The van der Waals surface area contributed by atoms with Gasteiger partial charge >= 0.3 is 0 Å². The van der Waals surface area contributed by atoms with Crippen LogP contribution in [-0.2, 0) is 27.5 Å². The van der Waals surface area contributed by atoms with Crippen molar-refractivity contribution in [2.24, 2.45) is 0 Å². The van der Waals surface area contributed by atoms with Crippen molar-refractivity contribution >= 4 is 10.9 Å². The van der Waals surface area contributed by atoms with Gasteiger partial charge < -0.3 is 0 Å². The third-order valence-corrected chi connectivity index (χ3v) is 3.13. The molecule has 0 atom stereocenters. The molecule has 0 spiro atoms. The molecule has 0 aliphatic rings. The van der Waals surface area contributed by atoms with Crippen molar-refractivity contribution in [1.82, 2.24) is 4.98 Å². The molecule has 0 amide bonds. The number of alkyl halides is 1. The predicted molar refractivity (Wildman–Crippen MR) is 75.7 cm³/mol. The largest absolute Gasteiger partial charge is 0.262 e. The van der Waals surface area contributed by atoms with E-state index < -0.39 is 0 Å². The van der Waals surface area contributed by atoms with Gasteiger partial charge in [-0.15, -0.1) is 35.9 Å². The Morgan fingerprint density at radius 3 is 2.65 bits per heavy atom. The standard InChI is InChI=1S/C17H13FN.Pt/c18-12-11-15-10-9-14-7-4-8-16(17(14)19-15)13-5-2-1-3-6-13;/h1-5,7-10H,11-12H2;/q-1;. The minimum atomic E-state index is -0.377. The molecule has 3 heteroatoms. The summed E-state index contributed by atoms with van der Waals surface area (Å²) in [7, 11) is 0. The Hall–Kier alpha value is -1.53. The van der Waals surface area contributed by atoms with Crippen LogP contribution in [-0.4, -0.2) is 11.7 Å². The molecule has 1 nitrogen and oxygen atoms in total. The maximum atomic E-state index is 12.5. The molecular weight excluding hydrogens is 432 g/mol. The van der Waals surface area contributed by atoms with Crippen LogP contribution in [0.2, 0.25) is 0 Å². The summed E-state index contributed by atoms with van der Waals surface area (Å²) in [5.41, 5.74) is 3.76. The second kappa shape index (κ2) is 6.76. The van der Waals surface area contributed by atoms with E-state index in [0.29, 0.717) is 6.42 Å². The molecule has 0 radical (unpaired) electrons. The summed E-state index contributed by atoms with van der Waals surface area (Å²) in [5, 5.41) is 1.07. The number of hydrogen-bond donors (Lipinski definition) is 0. The molecule has 0 fully saturated rings. The maximum absolute atomic E-state index is 12.5. The molecule has 3 aromatic rings. The fourth-order valence-electron chi connectivity index (χ4n) is 2.20. The van der Waals surface area contributed by atoms with Crippen LogP contribution < -0.4 is 0 Å². The van der Waals surface area contributed by atoms with E-state index in [2.05, 4.69) is 11.1 Å². The Morgan fingerprint density at radius 2 is 1.90 bits per heavy atom. The van der Waals surface area contributed by atoms with E-state index in [9.17, 15) is 4.39 Å². The van der Waals surface area contributed by atoms with E-state index in [1.807, 2.05) is 54.6 Å². The van der Waals surface area contributed by atoms with Gasteiger partial charge in [0.25, 0.3) is 0 Å². The van der Waals surface area contributed by atoms with Gasteiger partial charge in [-0.1, -0.05) is 29.8 Å². The number of aromatic nitrogens is 1. The van der Waals surface area contributed by atoms with E-state index in [4.69, 9.17) is 0 Å². The second-order valence-electron chi connectivity index (χ2n) is 4.40. The molecule has 0 saturated heterocycles. The summed E-state index contributed by atoms with van der Waals surface area (Å²) >= 11 is 0. The van der Waals surface area contributed by atoms with Crippen LogP contribution in [0.1, 0.15) is 5.69 Å². The van der Waals surface area contributed by atoms with Crippen LogP contribution >= 0.6 is 0 Å². The van der Waals surface area contributed by atoms with Gasteiger partial charge in [0.15, 0.2) is 0 Å². The number of benzene rings is 2. The molecular formula is C17H13FNPt-. The quantitative estimate of drug-likeness (QED) is 0.551. The van der Waals surface area contributed by atoms with Gasteiger partial charge in [-0.25, -0.2) is 0 Å². The van der Waals surface area contributed by atoms with Gasteiger partial charge in [0.2, 0.25) is 0 Å². The number of hydrogen-bond acceptors (Lipinski definition) is 1. The van der Waals surface area contributed by atoms with Gasteiger partial charge in [0.1, 0.15) is 0 Å². The zero-order valence-electron chi connectivity index (χ0n) is 10.8. The monoisotopic (exact) mass is 445 g/mol. The number of nitrogens with zero attached hydrogens (tertiary/aromatic N) is 1. The minimum Gasteiger partial charge on any atom is -0.262 e. The predicted octanol–water partition coefficient (Wildman–Crippen LogP) is 4.21. The topological polar surface area (TPSA) is 12.9 Å². The fraction of sp³-hybridized carbons (Fsp3) is 0.118. The van der Waals surface area contributed by atoms with Gasteiger partial charge in [-0.2, -0.15) is 0 Å². The van der Waals surface area contributed by atoms with Crippen molar-refractivity contribution in [1.29, 1.82) is 0 Å². The van der Waals surface area contributed by atoms with Crippen LogP contribution in [0.3, 0.4) is 0 Å². The summed E-state index contributed by atoms with van der Waals surface area (Å²) in [4.78, 5) is 4.58. The van der Waals surface area contributed by atoms with Crippen molar-refractivity contribution in [3.8, 4) is 11.1 Å². The van der Waals surface area contributed by atoms with Crippen LogP contribution in [0.5, 0.6) is 0 Å². The molecule has 1 aromatic heterocycles.